The number of ether oxygens (including phenoxy) is 1. The molecule has 0 saturated heterocycles. The molecule has 0 bridgehead atoms. The standard InChI is InChI=1S/C15H12F2N2O4/c1-2-23-15(20)9-6-10(8-11(7-9)19(21)22)18-14-12(16)4-3-5-13(14)17/h3-8,18H,2H2,1H3. The van der Waals surface area contributed by atoms with Gasteiger partial charge in [0.15, 0.2) is 0 Å². The van der Waals surface area contributed by atoms with E-state index >= 15 is 0 Å². The molecule has 0 saturated carbocycles. The first kappa shape index (κ1) is 16.3. The highest BCUT2D eigenvalue weighted by molar-refractivity contribution is 5.92. The number of nitro groups is 1. The topological polar surface area (TPSA) is 81.5 Å². The number of nitrogens with zero attached hydrogens (tertiary/aromatic N) is 1. The van der Waals surface area contributed by atoms with Crippen molar-refractivity contribution in [2.24, 2.45) is 0 Å². The van der Waals surface area contributed by atoms with Crippen LogP contribution in [0.15, 0.2) is 36.4 Å². The Morgan fingerprint density at radius 3 is 2.48 bits per heavy atom. The van der Waals surface area contributed by atoms with Crippen molar-refractivity contribution >= 4 is 23.0 Å². The Hall–Kier alpha value is -3.03. The summed E-state index contributed by atoms with van der Waals surface area (Å²) in [5, 5.41) is 13.4. The fourth-order valence-corrected chi connectivity index (χ4v) is 1.88. The molecule has 0 heterocycles. The van der Waals surface area contributed by atoms with Gasteiger partial charge in [0.1, 0.15) is 17.3 Å². The van der Waals surface area contributed by atoms with E-state index in [2.05, 4.69) is 5.32 Å². The normalized spacial score (nSPS) is 10.2. The second-order valence-corrected chi connectivity index (χ2v) is 4.47. The van der Waals surface area contributed by atoms with Crippen LogP contribution in [0.4, 0.5) is 25.8 Å². The summed E-state index contributed by atoms with van der Waals surface area (Å²) in [6, 6.07) is 6.57. The summed E-state index contributed by atoms with van der Waals surface area (Å²) < 4.78 is 32.1. The quantitative estimate of drug-likeness (QED) is 0.514. The fourth-order valence-electron chi connectivity index (χ4n) is 1.88. The molecule has 0 aliphatic heterocycles. The highest BCUT2D eigenvalue weighted by Crippen LogP contribution is 2.27. The van der Waals surface area contributed by atoms with E-state index in [4.69, 9.17) is 4.74 Å². The van der Waals surface area contributed by atoms with Crippen LogP contribution in [-0.4, -0.2) is 17.5 Å². The number of para-hydroxylation sites is 1. The van der Waals surface area contributed by atoms with Crippen LogP contribution < -0.4 is 5.32 Å². The van der Waals surface area contributed by atoms with Gasteiger partial charge in [0.05, 0.1) is 17.1 Å². The predicted octanol–water partition coefficient (Wildman–Crippen LogP) is 3.79. The van der Waals surface area contributed by atoms with Crippen molar-refractivity contribution in [3.8, 4) is 0 Å². The number of carbonyl (C=O) groups excluding carboxylic acids is 1. The van der Waals surface area contributed by atoms with Gasteiger partial charge in [-0.3, -0.25) is 10.1 Å². The first-order valence-corrected chi connectivity index (χ1v) is 6.60. The SMILES string of the molecule is CCOC(=O)c1cc(Nc2c(F)cccc2F)cc([N+](=O)[O-])c1. The number of hydrogen-bond donors (Lipinski definition) is 1. The summed E-state index contributed by atoms with van der Waals surface area (Å²) in [6.45, 7) is 1.68. The molecule has 1 N–H and O–H groups in total. The molecule has 0 spiro atoms. The summed E-state index contributed by atoms with van der Waals surface area (Å²) in [7, 11) is 0. The maximum atomic E-state index is 13.6. The van der Waals surface area contributed by atoms with Crippen LogP contribution in [0, 0.1) is 21.7 Å². The minimum atomic E-state index is -0.866. The highest BCUT2D eigenvalue weighted by Gasteiger charge is 2.17. The van der Waals surface area contributed by atoms with Crippen LogP contribution in [0.1, 0.15) is 17.3 Å². The van der Waals surface area contributed by atoms with Crippen molar-refractivity contribution < 1.29 is 23.2 Å². The van der Waals surface area contributed by atoms with Crippen LogP contribution in [0.3, 0.4) is 0 Å². The van der Waals surface area contributed by atoms with E-state index < -0.39 is 33.9 Å². The zero-order valence-electron chi connectivity index (χ0n) is 12.0. The monoisotopic (exact) mass is 322 g/mol. The van der Waals surface area contributed by atoms with E-state index in [1.165, 1.54) is 12.1 Å². The van der Waals surface area contributed by atoms with E-state index in [-0.39, 0.29) is 17.9 Å². The Balaban J connectivity index is 2.45. The molecule has 0 fully saturated rings. The van der Waals surface area contributed by atoms with Crippen LogP contribution in [0.2, 0.25) is 0 Å². The van der Waals surface area contributed by atoms with E-state index in [0.29, 0.717) is 0 Å². The van der Waals surface area contributed by atoms with Crippen LogP contribution in [-0.2, 0) is 4.74 Å². The van der Waals surface area contributed by atoms with Crippen molar-refractivity contribution in [2.75, 3.05) is 11.9 Å². The van der Waals surface area contributed by atoms with Gasteiger partial charge in [-0.15, -0.1) is 0 Å². The summed E-state index contributed by atoms with van der Waals surface area (Å²) >= 11 is 0. The van der Waals surface area contributed by atoms with Crippen molar-refractivity contribution in [3.05, 3.63) is 63.7 Å². The van der Waals surface area contributed by atoms with Crippen LogP contribution >= 0.6 is 0 Å². The molecule has 0 radical (unpaired) electrons. The van der Waals surface area contributed by atoms with Crippen molar-refractivity contribution in [2.45, 2.75) is 6.92 Å². The Labute approximate surface area is 129 Å². The molecule has 0 aliphatic rings. The number of nitro benzene ring substituents is 1. The average molecular weight is 322 g/mol. The largest absolute Gasteiger partial charge is 0.462 e. The van der Waals surface area contributed by atoms with Gasteiger partial charge in [-0.1, -0.05) is 6.07 Å². The molecule has 8 heteroatoms. The second-order valence-electron chi connectivity index (χ2n) is 4.47. The van der Waals surface area contributed by atoms with Crippen LogP contribution in [0.25, 0.3) is 0 Å². The third-order valence-electron chi connectivity index (χ3n) is 2.87. The second kappa shape index (κ2) is 6.82. The smallest absolute Gasteiger partial charge is 0.338 e. The third kappa shape index (κ3) is 3.79. The van der Waals surface area contributed by atoms with Gasteiger partial charge in [0.2, 0.25) is 0 Å². The lowest BCUT2D eigenvalue weighted by molar-refractivity contribution is -0.384. The van der Waals surface area contributed by atoms with Crippen molar-refractivity contribution in [1.82, 2.24) is 0 Å². The molecule has 2 aromatic carbocycles. The average Bonchev–Trinajstić information content (AvgIpc) is 2.51. The number of rotatable bonds is 5. The molecule has 2 aromatic rings. The molecule has 0 atom stereocenters. The molecule has 0 aliphatic carbocycles. The van der Waals surface area contributed by atoms with E-state index in [0.717, 1.165) is 24.3 Å². The molecule has 23 heavy (non-hydrogen) atoms. The number of halogens is 2. The number of anilines is 2. The molecule has 0 aromatic heterocycles. The molecule has 0 unspecified atom stereocenters. The maximum Gasteiger partial charge on any atom is 0.338 e. The number of hydrogen-bond acceptors (Lipinski definition) is 5. The van der Waals surface area contributed by atoms with Gasteiger partial charge in [-0.05, 0) is 25.1 Å². The summed E-state index contributed by atoms with van der Waals surface area (Å²) in [5.41, 5.74) is -0.982. The van der Waals surface area contributed by atoms with E-state index in [1.807, 2.05) is 0 Å². The number of non-ortho nitro benzene ring substituents is 1. The van der Waals surface area contributed by atoms with Gasteiger partial charge >= 0.3 is 5.97 Å². The number of nitrogens with one attached hydrogen (secondary N) is 1. The fraction of sp³-hybridized carbons (Fsp3) is 0.133. The molecule has 120 valence electrons. The van der Waals surface area contributed by atoms with Crippen molar-refractivity contribution in [1.29, 1.82) is 0 Å². The maximum absolute atomic E-state index is 13.6. The predicted molar refractivity (Wildman–Crippen MR) is 78.7 cm³/mol. The van der Waals surface area contributed by atoms with E-state index in [9.17, 15) is 23.7 Å². The highest BCUT2D eigenvalue weighted by atomic mass is 19.1. The third-order valence-corrected chi connectivity index (χ3v) is 2.87. The Kier molecular flexibility index (Phi) is 4.85. The van der Waals surface area contributed by atoms with Gasteiger partial charge in [0, 0.05) is 17.8 Å². The number of esters is 1. The lowest BCUT2D eigenvalue weighted by atomic mass is 10.1. The number of carbonyl (C=O) groups is 1. The van der Waals surface area contributed by atoms with Crippen LogP contribution in [0.5, 0.6) is 0 Å². The Morgan fingerprint density at radius 1 is 1.26 bits per heavy atom. The Morgan fingerprint density at radius 2 is 1.91 bits per heavy atom. The molecule has 0 amide bonds. The van der Waals surface area contributed by atoms with Gasteiger partial charge in [-0.25, -0.2) is 13.6 Å². The molecule has 2 rings (SSSR count). The van der Waals surface area contributed by atoms with Crippen molar-refractivity contribution in [3.63, 3.8) is 0 Å². The lowest BCUT2D eigenvalue weighted by Crippen LogP contribution is -2.07. The first-order valence-electron chi connectivity index (χ1n) is 6.60. The zero-order chi connectivity index (χ0) is 17.0. The molecule has 6 nitrogen and oxygen atoms in total. The minimum absolute atomic E-state index is 0.00810. The lowest BCUT2D eigenvalue weighted by Gasteiger charge is -2.10. The Bertz CT molecular complexity index is 745. The molecular weight excluding hydrogens is 310 g/mol. The zero-order valence-corrected chi connectivity index (χ0v) is 12.0. The first-order chi connectivity index (χ1) is 10.9. The summed E-state index contributed by atoms with van der Waals surface area (Å²) in [6.07, 6.45) is 0. The minimum Gasteiger partial charge on any atom is -0.462 e. The van der Waals surface area contributed by atoms with E-state index in [1.54, 1.807) is 6.92 Å². The molecular formula is C15H12F2N2O4. The summed E-state index contributed by atoms with van der Waals surface area (Å²) in [4.78, 5) is 22.0. The van der Waals surface area contributed by atoms with Gasteiger partial charge in [0.25, 0.3) is 5.69 Å². The van der Waals surface area contributed by atoms with Gasteiger partial charge < -0.3 is 10.1 Å². The summed E-state index contributed by atoms with van der Waals surface area (Å²) in [5.74, 6) is -2.50. The number of benzene rings is 2. The van der Waals surface area contributed by atoms with Gasteiger partial charge in [-0.2, -0.15) is 0 Å².